The lowest BCUT2D eigenvalue weighted by Gasteiger charge is -2.24. The minimum absolute atomic E-state index is 0.200. The molecule has 1 N–H and O–H groups in total. The highest BCUT2D eigenvalue weighted by molar-refractivity contribution is 6.08. The van der Waals surface area contributed by atoms with Crippen molar-refractivity contribution in [2.45, 2.75) is 6.92 Å². The van der Waals surface area contributed by atoms with Crippen LogP contribution in [0.4, 0.5) is 10.1 Å². The standard InChI is InChI=1S/C27H23FN2O2/c1-19-7-2-4-10-23(19)27(32)30(22-15-13-21(28)14-16-22)18-17-29-26(31)25-12-6-9-20-8-3-5-11-24(20)25/h2-16H,17-18H2,1H3,(H,29,31). The summed E-state index contributed by atoms with van der Waals surface area (Å²) in [5.74, 6) is -0.778. The van der Waals surface area contributed by atoms with E-state index in [1.807, 2.05) is 61.5 Å². The fourth-order valence-corrected chi connectivity index (χ4v) is 3.73. The zero-order valence-corrected chi connectivity index (χ0v) is 17.7. The van der Waals surface area contributed by atoms with Gasteiger partial charge in [0, 0.05) is 29.9 Å². The van der Waals surface area contributed by atoms with E-state index in [9.17, 15) is 14.0 Å². The monoisotopic (exact) mass is 426 g/mol. The summed E-state index contributed by atoms with van der Waals surface area (Å²) in [5, 5.41) is 4.78. The van der Waals surface area contributed by atoms with Gasteiger partial charge in [-0.2, -0.15) is 0 Å². The topological polar surface area (TPSA) is 49.4 Å². The molecule has 0 heterocycles. The van der Waals surface area contributed by atoms with Crippen molar-refractivity contribution in [3.63, 3.8) is 0 Å². The third-order valence-corrected chi connectivity index (χ3v) is 5.41. The van der Waals surface area contributed by atoms with E-state index >= 15 is 0 Å². The normalized spacial score (nSPS) is 10.7. The number of hydrogen-bond donors (Lipinski definition) is 1. The Morgan fingerprint density at radius 2 is 1.47 bits per heavy atom. The molecule has 4 aromatic rings. The average molecular weight is 426 g/mol. The molecule has 4 aromatic carbocycles. The molecule has 0 aromatic heterocycles. The van der Waals surface area contributed by atoms with Crippen LogP contribution in [-0.2, 0) is 0 Å². The molecule has 4 rings (SSSR count). The molecular weight excluding hydrogens is 403 g/mol. The van der Waals surface area contributed by atoms with Crippen molar-refractivity contribution in [3.8, 4) is 0 Å². The quantitative estimate of drug-likeness (QED) is 0.451. The highest BCUT2D eigenvalue weighted by Crippen LogP contribution is 2.20. The predicted octanol–water partition coefficient (Wildman–Crippen LogP) is 5.36. The number of amides is 2. The zero-order valence-electron chi connectivity index (χ0n) is 17.7. The molecule has 0 saturated heterocycles. The first kappa shape index (κ1) is 21.2. The summed E-state index contributed by atoms with van der Waals surface area (Å²) in [4.78, 5) is 27.7. The van der Waals surface area contributed by atoms with Gasteiger partial charge in [0.2, 0.25) is 0 Å². The molecule has 160 valence electrons. The maximum atomic E-state index is 13.5. The van der Waals surface area contributed by atoms with Gasteiger partial charge in [0.15, 0.2) is 0 Å². The second-order valence-corrected chi connectivity index (χ2v) is 7.53. The van der Waals surface area contributed by atoms with E-state index in [-0.39, 0.29) is 30.7 Å². The number of nitrogens with one attached hydrogen (secondary N) is 1. The number of anilines is 1. The highest BCUT2D eigenvalue weighted by Gasteiger charge is 2.20. The molecule has 0 saturated carbocycles. The molecule has 0 unspecified atom stereocenters. The average Bonchev–Trinajstić information content (AvgIpc) is 2.82. The fraction of sp³-hybridized carbons (Fsp3) is 0.111. The summed E-state index contributed by atoms with van der Waals surface area (Å²) in [6.45, 7) is 2.37. The Hall–Kier alpha value is -3.99. The molecule has 32 heavy (non-hydrogen) atoms. The van der Waals surface area contributed by atoms with Crippen LogP contribution in [0.1, 0.15) is 26.3 Å². The van der Waals surface area contributed by atoms with Crippen LogP contribution in [0.15, 0.2) is 91.0 Å². The van der Waals surface area contributed by atoms with Gasteiger partial charge >= 0.3 is 0 Å². The van der Waals surface area contributed by atoms with E-state index in [1.54, 1.807) is 29.2 Å². The lowest BCUT2D eigenvalue weighted by Crippen LogP contribution is -2.39. The minimum atomic E-state index is -0.374. The number of fused-ring (bicyclic) bond motifs is 1. The van der Waals surface area contributed by atoms with Crippen LogP contribution in [0.5, 0.6) is 0 Å². The molecule has 4 nitrogen and oxygen atoms in total. The number of carbonyl (C=O) groups excluding carboxylic acids is 2. The molecule has 0 aliphatic heterocycles. The molecular formula is C27H23FN2O2. The van der Waals surface area contributed by atoms with Crippen LogP contribution >= 0.6 is 0 Å². The molecule has 5 heteroatoms. The smallest absolute Gasteiger partial charge is 0.258 e. The predicted molar refractivity (Wildman–Crippen MR) is 126 cm³/mol. The first-order valence-electron chi connectivity index (χ1n) is 10.4. The summed E-state index contributed by atoms with van der Waals surface area (Å²) in [6, 6.07) is 26.4. The molecule has 0 radical (unpaired) electrons. The maximum Gasteiger partial charge on any atom is 0.258 e. The van der Waals surface area contributed by atoms with Gasteiger partial charge in [-0.05, 0) is 59.7 Å². The van der Waals surface area contributed by atoms with Crippen LogP contribution in [0.2, 0.25) is 0 Å². The number of hydrogen-bond acceptors (Lipinski definition) is 2. The summed E-state index contributed by atoms with van der Waals surface area (Å²) in [5.41, 5.74) is 2.57. The van der Waals surface area contributed by atoms with Crippen molar-refractivity contribution in [1.82, 2.24) is 5.32 Å². The van der Waals surface area contributed by atoms with Crippen LogP contribution in [-0.4, -0.2) is 24.9 Å². The molecule has 0 bridgehead atoms. The number of carbonyl (C=O) groups is 2. The van der Waals surface area contributed by atoms with Gasteiger partial charge in [-0.3, -0.25) is 9.59 Å². The Balaban J connectivity index is 1.54. The first-order chi connectivity index (χ1) is 15.5. The van der Waals surface area contributed by atoms with Crippen LogP contribution in [0.25, 0.3) is 10.8 Å². The number of nitrogens with zero attached hydrogens (tertiary/aromatic N) is 1. The number of halogens is 1. The van der Waals surface area contributed by atoms with E-state index in [0.29, 0.717) is 16.8 Å². The van der Waals surface area contributed by atoms with E-state index in [4.69, 9.17) is 0 Å². The van der Waals surface area contributed by atoms with E-state index < -0.39 is 0 Å². The van der Waals surface area contributed by atoms with Crippen molar-refractivity contribution in [1.29, 1.82) is 0 Å². The third kappa shape index (κ3) is 4.52. The van der Waals surface area contributed by atoms with Crippen molar-refractivity contribution in [2.24, 2.45) is 0 Å². The SMILES string of the molecule is Cc1ccccc1C(=O)N(CCNC(=O)c1cccc2ccccc12)c1ccc(F)cc1. The second kappa shape index (κ2) is 9.43. The summed E-state index contributed by atoms with van der Waals surface area (Å²) < 4.78 is 13.5. The lowest BCUT2D eigenvalue weighted by atomic mass is 10.0. The first-order valence-corrected chi connectivity index (χ1v) is 10.4. The van der Waals surface area contributed by atoms with Gasteiger partial charge in [0.05, 0.1) is 0 Å². The molecule has 0 spiro atoms. The van der Waals surface area contributed by atoms with Gasteiger partial charge in [0.1, 0.15) is 5.82 Å². The summed E-state index contributed by atoms with van der Waals surface area (Å²) >= 11 is 0. The van der Waals surface area contributed by atoms with E-state index in [0.717, 1.165) is 16.3 Å². The Morgan fingerprint density at radius 3 is 2.25 bits per heavy atom. The highest BCUT2D eigenvalue weighted by atomic mass is 19.1. The summed E-state index contributed by atoms with van der Waals surface area (Å²) in [7, 11) is 0. The molecule has 0 aliphatic carbocycles. The van der Waals surface area contributed by atoms with Crippen molar-refractivity contribution in [3.05, 3.63) is 114 Å². The number of aryl methyl sites for hydroxylation is 1. The van der Waals surface area contributed by atoms with Crippen molar-refractivity contribution >= 4 is 28.3 Å². The van der Waals surface area contributed by atoms with Crippen LogP contribution in [0.3, 0.4) is 0 Å². The van der Waals surface area contributed by atoms with Crippen LogP contribution in [0, 0.1) is 12.7 Å². The van der Waals surface area contributed by atoms with Crippen molar-refractivity contribution in [2.75, 3.05) is 18.0 Å². The largest absolute Gasteiger partial charge is 0.350 e. The van der Waals surface area contributed by atoms with Gasteiger partial charge < -0.3 is 10.2 Å². The fourth-order valence-electron chi connectivity index (χ4n) is 3.73. The zero-order chi connectivity index (χ0) is 22.5. The van der Waals surface area contributed by atoms with E-state index in [2.05, 4.69) is 5.32 Å². The number of rotatable bonds is 6. The van der Waals surface area contributed by atoms with Gasteiger partial charge in [-0.1, -0.05) is 54.6 Å². The maximum absolute atomic E-state index is 13.5. The molecule has 0 aliphatic rings. The lowest BCUT2D eigenvalue weighted by molar-refractivity contribution is 0.0944. The Morgan fingerprint density at radius 1 is 0.812 bits per heavy atom. The van der Waals surface area contributed by atoms with Crippen LogP contribution < -0.4 is 10.2 Å². The molecule has 0 fully saturated rings. The second-order valence-electron chi connectivity index (χ2n) is 7.53. The Kier molecular flexibility index (Phi) is 6.26. The number of benzene rings is 4. The molecule has 0 atom stereocenters. The Bertz CT molecular complexity index is 1260. The van der Waals surface area contributed by atoms with Gasteiger partial charge in [0.25, 0.3) is 11.8 Å². The molecule has 2 amide bonds. The van der Waals surface area contributed by atoms with Gasteiger partial charge in [-0.15, -0.1) is 0 Å². The summed E-state index contributed by atoms with van der Waals surface area (Å²) in [6.07, 6.45) is 0. The third-order valence-electron chi connectivity index (χ3n) is 5.41. The Labute approximate surface area is 186 Å². The van der Waals surface area contributed by atoms with E-state index in [1.165, 1.54) is 12.1 Å². The van der Waals surface area contributed by atoms with Gasteiger partial charge in [-0.25, -0.2) is 4.39 Å². The minimum Gasteiger partial charge on any atom is -0.350 e. The van der Waals surface area contributed by atoms with Crippen molar-refractivity contribution < 1.29 is 14.0 Å².